The molecule has 1 aromatic rings. The third-order valence-corrected chi connectivity index (χ3v) is 6.08. The van der Waals surface area contributed by atoms with Gasteiger partial charge < -0.3 is 4.90 Å². The van der Waals surface area contributed by atoms with E-state index in [-0.39, 0.29) is 10.6 Å². The van der Waals surface area contributed by atoms with Crippen LogP contribution < -0.4 is 4.90 Å². The molecule has 0 aromatic heterocycles. The molecule has 2 aliphatic rings. The van der Waals surface area contributed by atoms with E-state index < -0.39 is 14.8 Å². The molecule has 1 unspecified atom stereocenters. The maximum atomic E-state index is 11.9. The molecule has 0 aliphatic carbocycles. The van der Waals surface area contributed by atoms with Gasteiger partial charge in [0.1, 0.15) is 10.6 Å². The van der Waals surface area contributed by atoms with Gasteiger partial charge in [0.2, 0.25) is 0 Å². The summed E-state index contributed by atoms with van der Waals surface area (Å²) in [4.78, 5) is 15.3. The molecule has 0 radical (unpaired) electrons. The standard InChI is InChI=1S/C16H23N3O4S/c1-24(22,23)15-8-4-7-14(16(15)19(20)21)18-11-5-6-13(12-18)17-9-2-3-10-17/h4,7-8,13H,2-3,5-6,9-12H2,1H3. The number of nitro benzene ring substituents is 1. The smallest absolute Gasteiger partial charge is 0.311 e. The Hall–Kier alpha value is -1.67. The van der Waals surface area contributed by atoms with E-state index in [0.717, 1.165) is 38.7 Å². The summed E-state index contributed by atoms with van der Waals surface area (Å²) in [7, 11) is -3.65. The topological polar surface area (TPSA) is 83.8 Å². The molecule has 132 valence electrons. The first-order chi connectivity index (χ1) is 11.4. The molecule has 8 heteroatoms. The Morgan fingerprint density at radius 3 is 2.50 bits per heavy atom. The molecule has 0 amide bonds. The SMILES string of the molecule is CS(=O)(=O)c1cccc(N2CCCC(N3CCCC3)C2)c1[N+](=O)[O-]. The summed E-state index contributed by atoms with van der Waals surface area (Å²) >= 11 is 0. The molecule has 7 nitrogen and oxygen atoms in total. The normalized spacial score (nSPS) is 22.7. The molecule has 0 saturated carbocycles. The predicted octanol–water partition coefficient (Wildman–Crippen LogP) is 2.06. The third-order valence-electron chi connectivity index (χ3n) is 4.95. The Bertz CT molecular complexity index is 729. The number of para-hydroxylation sites is 1. The molecule has 2 saturated heterocycles. The Kier molecular flexibility index (Phi) is 4.78. The molecule has 2 aliphatic heterocycles. The van der Waals surface area contributed by atoms with Crippen LogP contribution in [0.4, 0.5) is 11.4 Å². The van der Waals surface area contributed by atoms with E-state index in [2.05, 4.69) is 4.90 Å². The Morgan fingerprint density at radius 1 is 1.17 bits per heavy atom. The molecule has 0 spiro atoms. The van der Waals surface area contributed by atoms with Crippen molar-refractivity contribution in [3.05, 3.63) is 28.3 Å². The van der Waals surface area contributed by atoms with Crippen LogP contribution in [0.1, 0.15) is 25.7 Å². The van der Waals surface area contributed by atoms with Crippen molar-refractivity contribution in [3.8, 4) is 0 Å². The minimum atomic E-state index is -3.65. The molecule has 2 heterocycles. The van der Waals surface area contributed by atoms with Crippen molar-refractivity contribution in [2.24, 2.45) is 0 Å². The van der Waals surface area contributed by atoms with Crippen molar-refractivity contribution in [2.75, 3.05) is 37.3 Å². The summed E-state index contributed by atoms with van der Waals surface area (Å²) in [5.74, 6) is 0. The highest BCUT2D eigenvalue weighted by Crippen LogP contribution is 2.36. The minimum absolute atomic E-state index is 0.201. The van der Waals surface area contributed by atoms with Crippen LogP contribution in [0, 0.1) is 10.1 Å². The van der Waals surface area contributed by atoms with E-state index in [9.17, 15) is 18.5 Å². The van der Waals surface area contributed by atoms with Crippen LogP contribution in [0.25, 0.3) is 0 Å². The van der Waals surface area contributed by atoms with Crippen LogP contribution in [0.15, 0.2) is 23.1 Å². The van der Waals surface area contributed by atoms with Gasteiger partial charge in [0.05, 0.1) is 4.92 Å². The number of rotatable bonds is 4. The highest BCUT2D eigenvalue weighted by Gasteiger charge is 2.33. The Morgan fingerprint density at radius 2 is 1.88 bits per heavy atom. The summed E-state index contributed by atoms with van der Waals surface area (Å²) in [5, 5.41) is 11.6. The van der Waals surface area contributed by atoms with E-state index in [1.165, 1.54) is 18.9 Å². The maximum Gasteiger partial charge on any atom is 0.311 e. The van der Waals surface area contributed by atoms with Crippen LogP contribution in [-0.2, 0) is 9.84 Å². The first kappa shape index (κ1) is 17.2. The van der Waals surface area contributed by atoms with Gasteiger partial charge in [-0.05, 0) is 50.9 Å². The van der Waals surface area contributed by atoms with E-state index in [1.54, 1.807) is 12.1 Å². The number of piperidine rings is 1. The fraction of sp³-hybridized carbons (Fsp3) is 0.625. The average molecular weight is 353 g/mol. The number of sulfone groups is 1. The fourth-order valence-corrected chi connectivity index (χ4v) is 4.68. The van der Waals surface area contributed by atoms with Crippen LogP contribution in [0.3, 0.4) is 0 Å². The molecule has 0 bridgehead atoms. The number of likely N-dealkylation sites (tertiary alicyclic amines) is 1. The van der Waals surface area contributed by atoms with Crippen molar-refractivity contribution in [2.45, 2.75) is 36.6 Å². The number of hydrogen-bond acceptors (Lipinski definition) is 6. The van der Waals surface area contributed by atoms with Crippen LogP contribution in [-0.4, -0.2) is 56.7 Å². The van der Waals surface area contributed by atoms with Gasteiger partial charge in [0.25, 0.3) is 0 Å². The largest absolute Gasteiger partial charge is 0.364 e. The second-order valence-corrected chi connectivity index (χ2v) is 8.62. The van der Waals surface area contributed by atoms with E-state index >= 15 is 0 Å². The van der Waals surface area contributed by atoms with Crippen LogP contribution in [0.5, 0.6) is 0 Å². The lowest BCUT2D eigenvalue weighted by atomic mass is 10.0. The molecule has 0 N–H and O–H groups in total. The number of hydrogen-bond donors (Lipinski definition) is 0. The molecule has 3 rings (SSSR count). The second kappa shape index (κ2) is 6.68. The van der Waals surface area contributed by atoms with Crippen molar-refractivity contribution < 1.29 is 13.3 Å². The summed E-state index contributed by atoms with van der Waals surface area (Å²) in [6.45, 7) is 3.61. The summed E-state index contributed by atoms with van der Waals surface area (Å²) in [6.07, 6.45) is 5.49. The summed E-state index contributed by atoms with van der Waals surface area (Å²) in [6, 6.07) is 4.97. The molecule has 24 heavy (non-hydrogen) atoms. The van der Waals surface area contributed by atoms with Gasteiger partial charge in [-0.15, -0.1) is 0 Å². The van der Waals surface area contributed by atoms with E-state index in [0.29, 0.717) is 18.3 Å². The lowest BCUT2D eigenvalue weighted by Crippen LogP contribution is -2.47. The molecule has 2 fully saturated rings. The first-order valence-electron chi connectivity index (χ1n) is 8.34. The van der Waals surface area contributed by atoms with Gasteiger partial charge in [0.15, 0.2) is 9.84 Å². The number of benzene rings is 1. The van der Waals surface area contributed by atoms with Gasteiger partial charge in [0, 0.05) is 25.4 Å². The van der Waals surface area contributed by atoms with Crippen LogP contribution in [0.2, 0.25) is 0 Å². The zero-order valence-electron chi connectivity index (χ0n) is 13.8. The zero-order chi connectivity index (χ0) is 17.3. The van der Waals surface area contributed by atoms with E-state index in [4.69, 9.17) is 0 Å². The fourth-order valence-electron chi connectivity index (χ4n) is 3.83. The maximum absolute atomic E-state index is 11.9. The van der Waals surface area contributed by atoms with Crippen molar-refractivity contribution in [3.63, 3.8) is 0 Å². The highest BCUT2D eigenvalue weighted by atomic mass is 32.2. The average Bonchev–Trinajstić information content (AvgIpc) is 3.08. The zero-order valence-corrected chi connectivity index (χ0v) is 14.7. The quantitative estimate of drug-likeness (QED) is 0.608. The highest BCUT2D eigenvalue weighted by molar-refractivity contribution is 7.90. The van der Waals surface area contributed by atoms with Gasteiger partial charge >= 0.3 is 5.69 Å². The monoisotopic (exact) mass is 353 g/mol. The molecular weight excluding hydrogens is 330 g/mol. The van der Waals surface area contributed by atoms with E-state index in [1.807, 2.05) is 4.90 Å². The van der Waals surface area contributed by atoms with Gasteiger partial charge in [-0.25, -0.2) is 8.42 Å². The predicted molar refractivity (Wildman–Crippen MR) is 92.2 cm³/mol. The molecule has 1 aromatic carbocycles. The van der Waals surface area contributed by atoms with Crippen molar-refractivity contribution in [1.29, 1.82) is 0 Å². The number of anilines is 1. The summed E-state index contributed by atoms with van der Waals surface area (Å²) in [5.41, 5.74) is 0.133. The van der Waals surface area contributed by atoms with Gasteiger partial charge in [-0.3, -0.25) is 15.0 Å². The lowest BCUT2D eigenvalue weighted by Gasteiger charge is -2.38. The Labute approximate surface area is 142 Å². The Balaban J connectivity index is 1.95. The summed E-state index contributed by atoms with van der Waals surface area (Å²) < 4.78 is 23.9. The van der Waals surface area contributed by atoms with Gasteiger partial charge in [-0.1, -0.05) is 6.07 Å². The minimum Gasteiger partial charge on any atom is -0.364 e. The molecular formula is C16H23N3O4S. The van der Waals surface area contributed by atoms with Crippen molar-refractivity contribution in [1.82, 2.24) is 4.90 Å². The van der Waals surface area contributed by atoms with Crippen LogP contribution >= 0.6 is 0 Å². The van der Waals surface area contributed by atoms with Gasteiger partial charge in [-0.2, -0.15) is 0 Å². The second-order valence-electron chi connectivity index (χ2n) is 6.64. The number of nitrogens with zero attached hydrogens (tertiary/aromatic N) is 3. The third kappa shape index (κ3) is 3.39. The first-order valence-corrected chi connectivity index (χ1v) is 10.2. The molecule has 1 atom stereocenters. The van der Waals surface area contributed by atoms with Crippen molar-refractivity contribution >= 4 is 21.2 Å². The number of nitro groups is 1. The lowest BCUT2D eigenvalue weighted by molar-refractivity contribution is -0.387.